The van der Waals surface area contributed by atoms with Gasteiger partial charge in [-0.1, -0.05) is 0 Å². The molecule has 117 valence electrons. The molecule has 0 spiro atoms. The Balaban J connectivity index is 2.29. The second-order valence-electron chi connectivity index (χ2n) is 4.17. The van der Waals surface area contributed by atoms with E-state index in [1.165, 1.54) is 0 Å². The van der Waals surface area contributed by atoms with Crippen molar-refractivity contribution in [3.8, 4) is 0 Å². The molecule has 0 aromatic heterocycles. The van der Waals surface area contributed by atoms with Crippen molar-refractivity contribution in [1.29, 1.82) is 0 Å². The second-order valence-corrected chi connectivity index (χ2v) is 4.17. The number of ether oxygens (including phenoxy) is 4. The van der Waals surface area contributed by atoms with Gasteiger partial charge in [0, 0.05) is 6.54 Å². The van der Waals surface area contributed by atoms with E-state index in [0.29, 0.717) is 26.4 Å². The molecule has 0 saturated carbocycles. The van der Waals surface area contributed by atoms with E-state index in [0.717, 1.165) is 6.61 Å². The van der Waals surface area contributed by atoms with E-state index in [2.05, 4.69) is 4.74 Å². The van der Waals surface area contributed by atoms with Gasteiger partial charge in [0.05, 0.1) is 26.4 Å². The van der Waals surface area contributed by atoms with E-state index in [9.17, 15) is 15.0 Å². The average Bonchev–Trinajstić information content (AvgIpc) is 2.40. The SMILES string of the molecule is NCCOCCOC[C@H]1O[CH][C@@H](O)[C@@H](OC(N)=O)[C@@H]1O. The minimum atomic E-state index is -1.25. The van der Waals surface area contributed by atoms with Crippen molar-refractivity contribution in [2.45, 2.75) is 24.4 Å². The first-order valence-corrected chi connectivity index (χ1v) is 6.22. The highest BCUT2D eigenvalue weighted by molar-refractivity contribution is 5.65. The van der Waals surface area contributed by atoms with Gasteiger partial charge in [0.25, 0.3) is 0 Å². The predicted molar refractivity (Wildman–Crippen MR) is 66.3 cm³/mol. The van der Waals surface area contributed by atoms with Gasteiger partial charge in [-0.15, -0.1) is 0 Å². The number of carbonyl (C=O) groups excluding carboxylic acids is 1. The van der Waals surface area contributed by atoms with Crippen molar-refractivity contribution in [3.63, 3.8) is 0 Å². The Morgan fingerprint density at radius 2 is 1.95 bits per heavy atom. The number of amides is 1. The number of hydrogen-bond donors (Lipinski definition) is 4. The zero-order chi connectivity index (χ0) is 15.0. The first-order chi connectivity index (χ1) is 9.56. The summed E-state index contributed by atoms with van der Waals surface area (Å²) >= 11 is 0. The number of hydrogen-bond acceptors (Lipinski definition) is 8. The molecule has 1 heterocycles. The lowest BCUT2D eigenvalue weighted by molar-refractivity contribution is -0.175. The fourth-order valence-corrected chi connectivity index (χ4v) is 1.67. The van der Waals surface area contributed by atoms with Crippen LogP contribution in [0.3, 0.4) is 0 Å². The van der Waals surface area contributed by atoms with Crippen molar-refractivity contribution in [3.05, 3.63) is 6.61 Å². The molecule has 1 aliphatic rings. The van der Waals surface area contributed by atoms with Crippen LogP contribution in [-0.4, -0.2) is 73.7 Å². The smallest absolute Gasteiger partial charge is 0.404 e. The van der Waals surface area contributed by atoms with Crippen LogP contribution in [0.2, 0.25) is 0 Å². The summed E-state index contributed by atoms with van der Waals surface area (Å²) < 4.78 is 20.1. The lowest BCUT2D eigenvalue weighted by atomic mass is 10.0. The number of rotatable bonds is 8. The zero-order valence-electron chi connectivity index (χ0n) is 11.0. The van der Waals surface area contributed by atoms with Crippen molar-refractivity contribution < 1.29 is 34.0 Å². The third kappa shape index (κ3) is 5.57. The molecule has 9 nitrogen and oxygen atoms in total. The molecular weight excluding hydrogens is 272 g/mol. The Morgan fingerprint density at radius 1 is 1.25 bits per heavy atom. The molecular formula is C11H21N2O7. The van der Waals surface area contributed by atoms with E-state index in [4.69, 9.17) is 25.7 Å². The molecule has 0 aliphatic carbocycles. The molecule has 1 radical (unpaired) electrons. The maximum Gasteiger partial charge on any atom is 0.404 e. The van der Waals surface area contributed by atoms with Crippen LogP contribution in [0, 0.1) is 6.61 Å². The molecule has 9 heteroatoms. The maximum atomic E-state index is 10.7. The Morgan fingerprint density at radius 3 is 2.60 bits per heavy atom. The summed E-state index contributed by atoms with van der Waals surface area (Å²) in [4.78, 5) is 10.7. The van der Waals surface area contributed by atoms with Crippen LogP contribution in [0.25, 0.3) is 0 Å². The van der Waals surface area contributed by atoms with E-state index in [1.54, 1.807) is 0 Å². The van der Waals surface area contributed by atoms with Crippen LogP contribution in [-0.2, 0) is 18.9 Å². The number of nitrogens with two attached hydrogens (primary N) is 2. The minimum Gasteiger partial charge on any atom is -0.441 e. The van der Waals surface area contributed by atoms with Crippen LogP contribution in [0.4, 0.5) is 4.79 Å². The standard InChI is InChI=1S/C11H21N2O7/c12-1-2-17-3-4-18-6-8-9(15)10(20-11(13)16)7(14)5-19-8/h5,7-10,14-15H,1-4,6,12H2,(H2,13,16)/t7-,8-,9-,10-/m1/s1. The Bertz CT molecular complexity index is 292. The maximum absolute atomic E-state index is 10.7. The van der Waals surface area contributed by atoms with Gasteiger partial charge in [0.1, 0.15) is 24.9 Å². The van der Waals surface area contributed by atoms with Crippen LogP contribution in [0.15, 0.2) is 0 Å². The number of carbonyl (C=O) groups is 1. The van der Waals surface area contributed by atoms with Gasteiger partial charge in [-0.3, -0.25) is 0 Å². The summed E-state index contributed by atoms with van der Waals surface area (Å²) in [5.41, 5.74) is 10.1. The molecule has 1 amide bonds. The second kappa shape index (κ2) is 9.06. The third-order valence-electron chi connectivity index (χ3n) is 2.62. The lowest BCUT2D eigenvalue weighted by Gasteiger charge is -2.36. The fraction of sp³-hybridized carbons (Fsp3) is 0.818. The minimum absolute atomic E-state index is 0.0506. The van der Waals surface area contributed by atoms with Crippen molar-refractivity contribution in [2.75, 3.05) is 33.0 Å². The van der Waals surface area contributed by atoms with Gasteiger partial charge in [-0.05, 0) is 0 Å². The Hall–Kier alpha value is -0.970. The van der Waals surface area contributed by atoms with E-state index in [1.807, 2.05) is 0 Å². The summed E-state index contributed by atoms with van der Waals surface area (Å²) in [6.45, 7) is 2.67. The van der Waals surface area contributed by atoms with E-state index in [-0.39, 0.29) is 6.61 Å². The van der Waals surface area contributed by atoms with Gasteiger partial charge < -0.3 is 40.6 Å². The molecule has 1 aliphatic heterocycles. The molecule has 0 aromatic rings. The van der Waals surface area contributed by atoms with Gasteiger partial charge in [0.15, 0.2) is 6.10 Å². The Kier molecular flexibility index (Phi) is 7.73. The predicted octanol–water partition coefficient (Wildman–Crippen LogP) is -2.28. The summed E-state index contributed by atoms with van der Waals surface area (Å²) in [7, 11) is 0. The highest BCUT2D eigenvalue weighted by atomic mass is 16.6. The van der Waals surface area contributed by atoms with Crippen LogP contribution >= 0.6 is 0 Å². The largest absolute Gasteiger partial charge is 0.441 e. The fourth-order valence-electron chi connectivity index (χ4n) is 1.67. The highest BCUT2D eigenvalue weighted by Gasteiger charge is 2.41. The van der Waals surface area contributed by atoms with Crippen LogP contribution in [0.1, 0.15) is 0 Å². The zero-order valence-corrected chi connectivity index (χ0v) is 11.0. The van der Waals surface area contributed by atoms with Crippen molar-refractivity contribution >= 4 is 6.09 Å². The summed E-state index contributed by atoms with van der Waals surface area (Å²) in [6.07, 6.45) is -5.52. The van der Waals surface area contributed by atoms with Gasteiger partial charge >= 0.3 is 6.09 Å². The van der Waals surface area contributed by atoms with Gasteiger partial charge in [-0.25, -0.2) is 4.79 Å². The van der Waals surface area contributed by atoms with Crippen LogP contribution in [0.5, 0.6) is 0 Å². The summed E-state index contributed by atoms with van der Waals surface area (Å²) in [6, 6.07) is 0. The van der Waals surface area contributed by atoms with Gasteiger partial charge in [0.2, 0.25) is 0 Å². The normalized spacial score (nSPS) is 30.1. The first-order valence-electron chi connectivity index (χ1n) is 6.22. The quantitative estimate of drug-likeness (QED) is 0.366. The molecule has 1 fully saturated rings. The molecule has 0 aromatic carbocycles. The molecule has 1 saturated heterocycles. The topological polar surface area (TPSA) is 146 Å². The molecule has 20 heavy (non-hydrogen) atoms. The lowest BCUT2D eigenvalue weighted by Crippen LogP contribution is -2.54. The van der Waals surface area contributed by atoms with E-state index >= 15 is 0 Å². The number of aliphatic hydroxyl groups is 2. The molecule has 6 N–H and O–H groups in total. The number of aliphatic hydroxyl groups excluding tert-OH is 2. The van der Waals surface area contributed by atoms with Crippen molar-refractivity contribution in [1.82, 2.24) is 0 Å². The molecule has 0 unspecified atom stereocenters. The van der Waals surface area contributed by atoms with Gasteiger partial charge in [-0.2, -0.15) is 0 Å². The first kappa shape index (κ1) is 17.1. The highest BCUT2D eigenvalue weighted by Crippen LogP contribution is 2.21. The molecule has 1 rings (SSSR count). The van der Waals surface area contributed by atoms with Crippen molar-refractivity contribution in [2.24, 2.45) is 11.5 Å². The average molecular weight is 293 g/mol. The summed E-state index contributed by atoms with van der Waals surface area (Å²) in [5, 5.41) is 19.5. The summed E-state index contributed by atoms with van der Waals surface area (Å²) in [5.74, 6) is 0. The monoisotopic (exact) mass is 293 g/mol. The van der Waals surface area contributed by atoms with E-state index < -0.39 is 30.5 Å². The molecule has 0 bridgehead atoms. The Labute approximate surface area is 116 Å². The van der Waals surface area contributed by atoms with Crippen LogP contribution < -0.4 is 11.5 Å². The number of primary amides is 1. The third-order valence-corrected chi connectivity index (χ3v) is 2.62. The molecule has 4 atom stereocenters.